The molecule has 0 unspecified atom stereocenters. The number of nitrogens with zero attached hydrogens (tertiary/aromatic N) is 3. The number of fused-ring (bicyclic) bond motifs is 1. The van der Waals surface area contributed by atoms with Crippen molar-refractivity contribution in [2.75, 3.05) is 6.61 Å². The van der Waals surface area contributed by atoms with Gasteiger partial charge in [0.05, 0.1) is 18.9 Å². The molecule has 0 saturated heterocycles. The molecule has 0 aliphatic carbocycles. The van der Waals surface area contributed by atoms with E-state index in [2.05, 4.69) is 15.0 Å². The van der Waals surface area contributed by atoms with Crippen molar-refractivity contribution in [1.29, 1.82) is 0 Å². The van der Waals surface area contributed by atoms with Crippen LogP contribution in [0.2, 0.25) is 5.15 Å². The summed E-state index contributed by atoms with van der Waals surface area (Å²) in [7, 11) is 0. The predicted octanol–water partition coefficient (Wildman–Crippen LogP) is 2.57. The lowest BCUT2D eigenvalue weighted by molar-refractivity contribution is 0.109. The fraction of sp³-hybridized carbons (Fsp3) is 0.308. The molecule has 2 aromatic heterocycles. The van der Waals surface area contributed by atoms with Gasteiger partial charge < -0.3 is 4.74 Å². The number of hydrogen-bond donors (Lipinski definition) is 0. The second-order valence-electron chi connectivity index (χ2n) is 4.28. The van der Waals surface area contributed by atoms with E-state index in [1.807, 2.05) is 19.1 Å². The molecule has 3 heterocycles. The second kappa shape index (κ2) is 4.63. The largest absolute Gasteiger partial charge is 0.376 e. The van der Waals surface area contributed by atoms with Crippen molar-refractivity contribution in [2.45, 2.75) is 20.0 Å². The van der Waals surface area contributed by atoms with Gasteiger partial charge in [-0.15, -0.1) is 0 Å². The number of ether oxygens (including phenoxy) is 1. The zero-order valence-electron chi connectivity index (χ0n) is 9.98. The van der Waals surface area contributed by atoms with Gasteiger partial charge in [0.15, 0.2) is 5.82 Å². The van der Waals surface area contributed by atoms with Crippen molar-refractivity contribution in [2.24, 2.45) is 0 Å². The van der Waals surface area contributed by atoms with E-state index in [9.17, 15) is 0 Å². The molecule has 92 valence electrons. The molecule has 0 atom stereocenters. The van der Waals surface area contributed by atoms with Gasteiger partial charge in [-0.1, -0.05) is 11.6 Å². The van der Waals surface area contributed by atoms with Crippen LogP contribution in [-0.4, -0.2) is 21.6 Å². The third-order valence-electron chi connectivity index (χ3n) is 2.92. The van der Waals surface area contributed by atoms with E-state index in [1.165, 1.54) is 0 Å². The van der Waals surface area contributed by atoms with Crippen LogP contribution in [0.25, 0.3) is 11.5 Å². The van der Waals surface area contributed by atoms with Crippen molar-refractivity contribution in [3.63, 3.8) is 0 Å². The van der Waals surface area contributed by atoms with Crippen molar-refractivity contribution in [3.05, 3.63) is 40.3 Å². The van der Waals surface area contributed by atoms with Gasteiger partial charge >= 0.3 is 0 Å². The minimum absolute atomic E-state index is 0.470. The Hall–Kier alpha value is -1.52. The predicted molar refractivity (Wildman–Crippen MR) is 68.4 cm³/mol. The van der Waals surface area contributed by atoms with E-state index in [0.717, 1.165) is 28.9 Å². The summed E-state index contributed by atoms with van der Waals surface area (Å²) in [6, 6.07) is 3.90. The van der Waals surface area contributed by atoms with Crippen molar-refractivity contribution in [3.8, 4) is 11.5 Å². The molecule has 0 aromatic carbocycles. The Kier molecular flexibility index (Phi) is 2.97. The van der Waals surface area contributed by atoms with Crippen LogP contribution in [0, 0.1) is 6.92 Å². The van der Waals surface area contributed by atoms with Crippen LogP contribution in [0.5, 0.6) is 0 Å². The number of aromatic nitrogens is 3. The smallest absolute Gasteiger partial charge is 0.179 e. The van der Waals surface area contributed by atoms with Crippen LogP contribution >= 0.6 is 11.6 Å². The summed E-state index contributed by atoms with van der Waals surface area (Å²) in [5.41, 5.74) is 3.76. The van der Waals surface area contributed by atoms with Crippen molar-refractivity contribution in [1.82, 2.24) is 15.0 Å². The highest BCUT2D eigenvalue weighted by Gasteiger charge is 2.18. The maximum Gasteiger partial charge on any atom is 0.179 e. The maximum absolute atomic E-state index is 6.18. The van der Waals surface area contributed by atoms with Crippen molar-refractivity contribution < 1.29 is 4.74 Å². The first-order valence-electron chi connectivity index (χ1n) is 5.80. The lowest BCUT2D eigenvalue weighted by atomic mass is 10.1. The zero-order valence-corrected chi connectivity index (χ0v) is 10.7. The fourth-order valence-electron chi connectivity index (χ4n) is 1.97. The Bertz CT molecular complexity index is 601. The number of hydrogen-bond acceptors (Lipinski definition) is 4. The summed E-state index contributed by atoms with van der Waals surface area (Å²) < 4.78 is 5.36. The van der Waals surface area contributed by atoms with Crippen molar-refractivity contribution >= 4 is 11.6 Å². The van der Waals surface area contributed by atoms with E-state index < -0.39 is 0 Å². The molecule has 0 fully saturated rings. The molecule has 5 heteroatoms. The Morgan fingerprint density at radius 1 is 1.33 bits per heavy atom. The topological polar surface area (TPSA) is 47.9 Å². The summed E-state index contributed by atoms with van der Waals surface area (Å²) in [6.07, 6.45) is 2.53. The molecule has 0 N–H and O–H groups in total. The van der Waals surface area contributed by atoms with Crippen LogP contribution in [0.3, 0.4) is 0 Å². The van der Waals surface area contributed by atoms with E-state index in [1.54, 1.807) is 6.20 Å². The minimum Gasteiger partial charge on any atom is -0.376 e. The highest BCUT2D eigenvalue weighted by molar-refractivity contribution is 6.30. The van der Waals surface area contributed by atoms with Gasteiger partial charge in [0, 0.05) is 18.2 Å². The Morgan fingerprint density at radius 2 is 2.22 bits per heavy atom. The third-order valence-corrected chi connectivity index (χ3v) is 3.23. The molecule has 0 radical (unpaired) electrons. The lowest BCUT2D eigenvalue weighted by Gasteiger charge is -2.16. The second-order valence-corrected chi connectivity index (χ2v) is 4.64. The van der Waals surface area contributed by atoms with Crippen LogP contribution < -0.4 is 0 Å². The molecule has 1 aliphatic heterocycles. The van der Waals surface area contributed by atoms with Gasteiger partial charge in [0.25, 0.3) is 0 Å². The van der Waals surface area contributed by atoms with Crippen LogP contribution in [0.4, 0.5) is 0 Å². The summed E-state index contributed by atoms with van der Waals surface area (Å²) in [6.45, 7) is 3.19. The van der Waals surface area contributed by atoms with Gasteiger partial charge in [0.1, 0.15) is 10.8 Å². The van der Waals surface area contributed by atoms with E-state index in [-0.39, 0.29) is 0 Å². The highest BCUT2D eigenvalue weighted by atomic mass is 35.5. The summed E-state index contributed by atoms with van der Waals surface area (Å²) in [4.78, 5) is 13.1. The van der Waals surface area contributed by atoms with Gasteiger partial charge in [-0.2, -0.15) is 0 Å². The molecule has 2 aromatic rings. The third kappa shape index (κ3) is 2.09. The zero-order chi connectivity index (χ0) is 12.5. The molecular weight excluding hydrogens is 250 g/mol. The van der Waals surface area contributed by atoms with E-state index in [0.29, 0.717) is 24.2 Å². The molecule has 0 amide bonds. The quantitative estimate of drug-likeness (QED) is 0.741. The first-order valence-corrected chi connectivity index (χ1v) is 6.18. The SMILES string of the molecule is Cc1ccnc(-c2nc(Cl)c3c(n2)CCOC3)c1. The van der Waals surface area contributed by atoms with Gasteiger partial charge in [-0.25, -0.2) is 9.97 Å². The average molecular weight is 262 g/mol. The molecule has 4 nitrogen and oxygen atoms in total. The minimum atomic E-state index is 0.470. The average Bonchev–Trinajstić information content (AvgIpc) is 2.39. The number of pyridine rings is 1. The van der Waals surface area contributed by atoms with Crippen LogP contribution in [0.15, 0.2) is 18.3 Å². The fourth-order valence-corrected chi connectivity index (χ4v) is 2.21. The normalized spacial score (nSPS) is 14.3. The number of halogens is 1. The van der Waals surface area contributed by atoms with Gasteiger partial charge in [0.2, 0.25) is 0 Å². The summed E-state index contributed by atoms with van der Waals surface area (Å²) in [5, 5.41) is 0.470. The molecule has 1 aliphatic rings. The summed E-state index contributed by atoms with van der Waals surface area (Å²) >= 11 is 6.18. The Labute approximate surface area is 110 Å². The molecule has 0 bridgehead atoms. The van der Waals surface area contributed by atoms with E-state index >= 15 is 0 Å². The molecule has 0 spiro atoms. The van der Waals surface area contributed by atoms with E-state index in [4.69, 9.17) is 16.3 Å². The number of rotatable bonds is 1. The first-order chi connectivity index (χ1) is 8.74. The standard InChI is InChI=1S/C13H12ClN3O/c1-8-2-4-15-11(6-8)13-16-10-3-5-18-7-9(10)12(14)17-13/h2,4,6H,3,5,7H2,1H3. The van der Waals surface area contributed by atoms with Gasteiger partial charge in [-0.05, 0) is 24.6 Å². The molecule has 0 saturated carbocycles. The molecule has 18 heavy (non-hydrogen) atoms. The Morgan fingerprint density at radius 3 is 3.06 bits per heavy atom. The molecular formula is C13H12ClN3O. The Balaban J connectivity index is 2.11. The first kappa shape index (κ1) is 11.6. The highest BCUT2D eigenvalue weighted by Crippen LogP contribution is 2.25. The van der Waals surface area contributed by atoms with Gasteiger partial charge in [-0.3, -0.25) is 4.98 Å². The lowest BCUT2D eigenvalue weighted by Crippen LogP contribution is -2.14. The maximum atomic E-state index is 6.18. The number of aryl methyl sites for hydroxylation is 1. The molecule has 3 rings (SSSR count). The summed E-state index contributed by atoms with van der Waals surface area (Å²) in [5.74, 6) is 0.587. The monoisotopic (exact) mass is 261 g/mol. The van der Waals surface area contributed by atoms with Crippen LogP contribution in [0.1, 0.15) is 16.8 Å². The van der Waals surface area contributed by atoms with Crippen LogP contribution in [-0.2, 0) is 17.8 Å².